The van der Waals surface area contributed by atoms with Gasteiger partial charge >= 0.3 is 0 Å². The Morgan fingerprint density at radius 2 is 2.43 bits per heavy atom. The van der Waals surface area contributed by atoms with E-state index in [1.165, 1.54) is 0 Å². The molecule has 1 aromatic heterocycles. The van der Waals surface area contributed by atoms with Gasteiger partial charge in [0.05, 0.1) is 11.6 Å². The van der Waals surface area contributed by atoms with Gasteiger partial charge in [-0.2, -0.15) is 0 Å². The highest BCUT2D eigenvalue weighted by molar-refractivity contribution is 7.09. The van der Waals surface area contributed by atoms with Crippen molar-refractivity contribution in [1.29, 1.82) is 0 Å². The normalized spacial score (nSPS) is 13.1. The molecule has 0 amide bonds. The van der Waals surface area contributed by atoms with Crippen molar-refractivity contribution in [1.82, 2.24) is 4.98 Å². The van der Waals surface area contributed by atoms with Crippen molar-refractivity contribution in [2.24, 2.45) is 0 Å². The van der Waals surface area contributed by atoms with Crippen molar-refractivity contribution in [2.45, 2.75) is 38.7 Å². The molecule has 0 aliphatic heterocycles. The Morgan fingerprint density at radius 3 is 3.00 bits per heavy atom. The molecule has 0 aromatic carbocycles. The Hall–Kier alpha value is -0.120. The van der Waals surface area contributed by atoms with E-state index in [2.05, 4.69) is 11.9 Å². The van der Waals surface area contributed by atoms with Crippen molar-refractivity contribution in [3.8, 4) is 0 Å². The van der Waals surface area contributed by atoms with Gasteiger partial charge < -0.3 is 4.74 Å². The van der Waals surface area contributed by atoms with Crippen LogP contribution < -0.4 is 0 Å². The Bertz CT molecular complexity index is 264. The van der Waals surface area contributed by atoms with Crippen LogP contribution in [0.25, 0.3) is 0 Å². The molecular formula is C10H16ClNOS. The smallest absolute Gasteiger partial charge is 0.122 e. The zero-order chi connectivity index (χ0) is 10.4. The lowest BCUT2D eigenvalue weighted by Gasteiger charge is -2.09. The van der Waals surface area contributed by atoms with Gasteiger partial charge in [0.2, 0.25) is 0 Å². The first-order valence-corrected chi connectivity index (χ1v) is 6.31. The topological polar surface area (TPSA) is 22.1 Å². The standard InChI is InChI=1S/C10H16ClNOS/c1-3-4-5-13-8(2)10-12-9(6-11)7-14-10/h7-8H,3-6H2,1-2H3. The quantitative estimate of drug-likeness (QED) is 0.551. The summed E-state index contributed by atoms with van der Waals surface area (Å²) < 4.78 is 5.63. The van der Waals surface area contributed by atoms with Crippen LogP contribution in [0.15, 0.2) is 5.38 Å². The molecule has 4 heteroatoms. The number of unbranched alkanes of at least 4 members (excludes halogenated alkanes) is 1. The van der Waals surface area contributed by atoms with E-state index in [-0.39, 0.29) is 6.10 Å². The summed E-state index contributed by atoms with van der Waals surface area (Å²) in [5.74, 6) is 0.484. The van der Waals surface area contributed by atoms with E-state index in [1.54, 1.807) is 11.3 Å². The number of hydrogen-bond acceptors (Lipinski definition) is 3. The van der Waals surface area contributed by atoms with Crippen LogP contribution in [-0.4, -0.2) is 11.6 Å². The highest BCUT2D eigenvalue weighted by atomic mass is 35.5. The number of rotatable bonds is 6. The number of hydrogen-bond donors (Lipinski definition) is 0. The minimum absolute atomic E-state index is 0.100. The lowest BCUT2D eigenvalue weighted by Crippen LogP contribution is -2.01. The van der Waals surface area contributed by atoms with Crippen molar-refractivity contribution in [3.05, 3.63) is 16.1 Å². The lowest BCUT2D eigenvalue weighted by molar-refractivity contribution is 0.0634. The molecule has 14 heavy (non-hydrogen) atoms. The van der Waals surface area contributed by atoms with E-state index in [0.29, 0.717) is 5.88 Å². The summed E-state index contributed by atoms with van der Waals surface area (Å²) >= 11 is 7.29. The highest BCUT2D eigenvalue weighted by Crippen LogP contribution is 2.22. The average molecular weight is 234 g/mol. The lowest BCUT2D eigenvalue weighted by atomic mass is 10.3. The molecule has 1 heterocycles. The van der Waals surface area contributed by atoms with E-state index in [4.69, 9.17) is 16.3 Å². The van der Waals surface area contributed by atoms with E-state index in [1.807, 2.05) is 12.3 Å². The summed E-state index contributed by atoms with van der Waals surface area (Å²) in [6.07, 6.45) is 2.37. The van der Waals surface area contributed by atoms with Gasteiger partial charge in [-0.05, 0) is 13.3 Å². The maximum atomic E-state index is 5.68. The fraction of sp³-hybridized carbons (Fsp3) is 0.700. The highest BCUT2D eigenvalue weighted by Gasteiger charge is 2.09. The Morgan fingerprint density at radius 1 is 1.64 bits per heavy atom. The minimum Gasteiger partial charge on any atom is -0.371 e. The fourth-order valence-corrected chi connectivity index (χ4v) is 2.10. The van der Waals surface area contributed by atoms with Crippen LogP contribution in [-0.2, 0) is 10.6 Å². The fourth-order valence-electron chi connectivity index (χ4n) is 1.05. The van der Waals surface area contributed by atoms with E-state index in [9.17, 15) is 0 Å². The molecule has 1 rings (SSSR count). The molecule has 0 saturated carbocycles. The van der Waals surface area contributed by atoms with Gasteiger partial charge in [-0.3, -0.25) is 0 Å². The third kappa shape index (κ3) is 3.56. The van der Waals surface area contributed by atoms with Crippen LogP contribution in [0.1, 0.15) is 43.5 Å². The van der Waals surface area contributed by atoms with Gasteiger partial charge in [0.25, 0.3) is 0 Å². The van der Waals surface area contributed by atoms with E-state index in [0.717, 1.165) is 30.2 Å². The Balaban J connectivity index is 2.39. The molecule has 0 N–H and O–H groups in total. The molecule has 0 saturated heterocycles. The molecule has 1 aromatic rings. The Kier molecular flexibility index (Phi) is 5.45. The third-order valence-electron chi connectivity index (χ3n) is 1.92. The first-order chi connectivity index (χ1) is 6.77. The molecule has 1 unspecified atom stereocenters. The van der Waals surface area contributed by atoms with Gasteiger partial charge in [0.15, 0.2) is 0 Å². The van der Waals surface area contributed by atoms with Crippen LogP contribution in [0.4, 0.5) is 0 Å². The monoisotopic (exact) mass is 233 g/mol. The van der Waals surface area contributed by atoms with E-state index < -0.39 is 0 Å². The van der Waals surface area contributed by atoms with Crippen LogP contribution in [0.2, 0.25) is 0 Å². The first-order valence-electron chi connectivity index (χ1n) is 4.89. The van der Waals surface area contributed by atoms with Gasteiger partial charge in [-0.25, -0.2) is 4.98 Å². The number of thiazole rings is 1. The summed E-state index contributed by atoms with van der Waals surface area (Å²) in [6, 6.07) is 0. The predicted octanol–water partition coefficient (Wildman–Crippen LogP) is 3.76. The van der Waals surface area contributed by atoms with Crippen LogP contribution in [0, 0.1) is 0 Å². The first kappa shape index (κ1) is 12.0. The number of aromatic nitrogens is 1. The van der Waals surface area contributed by atoms with Crippen LogP contribution in [0.5, 0.6) is 0 Å². The molecule has 1 atom stereocenters. The zero-order valence-corrected chi connectivity index (χ0v) is 10.2. The largest absolute Gasteiger partial charge is 0.371 e. The molecule has 0 aliphatic carbocycles. The Labute approximate surface area is 94.3 Å². The number of ether oxygens (including phenoxy) is 1. The van der Waals surface area contributed by atoms with Gasteiger partial charge in [-0.1, -0.05) is 13.3 Å². The molecule has 2 nitrogen and oxygen atoms in total. The summed E-state index contributed by atoms with van der Waals surface area (Å²) in [5.41, 5.74) is 0.942. The van der Waals surface area contributed by atoms with Crippen LogP contribution in [0.3, 0.4) is 0 Å². The molecule has 0 fully saturated rings. The second kappa shape index (κ2) is 6.38. The SMILES string of the molecule is CCCCOC(C)c1nc(CCl)cs1. The average Bonchev–Trinajstić information content (AvgIpc) is 2.66. The van der Waals surface area contributed by atoms with Gasteiger partial charge in [0, 0.05) is 12.0 Å². The van der Waals surface area contributed by atoms with Crippen molar-refractivity contribution < 1.29 is 4.74 Å². The summed E-state index contributed by atoms with van der Waals surface area (Å²) in [4.78, 5) is 4.37. The third-order valence-corrected chi connectivity index (χ3v) is 3.25. The van der Waals surface area contributed by atoms with E-state index >= 15 is 0 Å². The number of nitrogens with zero attached hydrogens (tertiary/aromatic N) is 1. The molecule has 0 spiro atoms. The summed E-state index contributed by atoms with van der Waals surface area (Å²) in [5, 5.41) is 3.01. The van der Waals surface area contributed by atoms with Crippen molar-refractivity contribution >= 4 is 22.9 Å². The van der Waals surface area contributed by atoms with Gasteiger partial charge in [0.1, 0.15) is 11.1 Å². The summed E-state index contributed by atoms with van der Waals surface area (Å²) in [6.45, 7) is 5.00. The predicted molar refractivity (Wildman–Crippen MR) is 60.9 cm³/mol. The molecular weight excluding hydrogens is 218 g/mol. The maximum Gasteiger partial charge on any atom is 0.122 e. The van der Waals surface area contributed by atoms with Crippen molar-refractivity contribution in [2.75, 3.05) is 6.61 Å². The maximum absolute atomic E-state index is 5.68. The van der Waals surface area contributed by atoms with Crippen molar-refractivity contribution in [3.63, 3.8) is 0 Å². The second-order valence-corrected chi connectivity index (χ2v) is 4.33. The number of alkyl halides is 1. The van der Waals surface area contributed by atoms with Crippen LogP contribution >= 0.6 is 22.9 Å². The molecule has 0 bridgehead atoms. The number of halogens is 1. The second-order valence-electron chi connectivity index (χ2n) is 3.18. The zero-order valence-electron chi connectivity index (χ0n) is 8.62. The van der Waals surface area contributed by atoms with Gasteiger partial charge in [-0.15, -0.1) is 22.9 Å². The molecule has 0 aliphatic rings. The summed E-state index contributed by atoms with van der Waals surface area (Å²) in [7, 11) is 0. The molecule has 80 valence electrons. The minimum atomic E-state index is 0.100. The molecule has 0 radical (unpaired) electrons.